The van der Waals surface area contributed by atoms with Crippen molar-refractivity contribution in [1.29, 1.82) is 0 Å². The Morgan fingerprint density at radius 2 is 1.71 bits per heavy atom. The number of aromatic amines is 1. The highest BCUT2D eigenvalue weighted by atomic mass is 32.1. The summed E-state index contributed by atoms with van der Waals surface area (Å²) in [5.74, 6) is -0.390. The Morgan fingerprint density at radius 1 is 0.903 bits per heavy atom. The number of nitrogens with zero attached hydrogens (tertiary/aromatic N) is 8. The van der Waals surface area contributed by atoms with Crippen LogP contribution in [0.2, 0.25) is 0 Å². The fourth-order valence-corrected chi connectivity index (χ4v) is 11.0. The molecule has 4 amide bonds. The molecule has 2 saturated heterocycles. The van der Waals surface area contributed by atoms with Gasteiger partial charge in [-0.2, -0.15) is 5.10 Å². The predicted molar refractivity (Wildman–Crippen MR) is 268 cm³/mol. The number of imidazole rings is 1. The lowest BCUT2D eigenvalue weighted by Gasteiger charge is -2.35. The van der Waals surface area contributed by atoms with Crippen LogP contribution in [-0.2, 0) is 14.4 Å². The summed E-state index contributed by atoms with van der Waals surface area (Å²) in [5, 5.41) is 18.5. The molecule has 3 atom stereocenters. The third-order valence-electron chi connectivity index (χ3n) is 14.5. The molecule has 376 valence electrons. The smallest absolute Gasteiger partial charge is 0.254 e. The number of rotatable bonds is 17. The van der Waals surface area contributed by atoms with Crippen molar-refractivity contribution in [3.63, 3.8) is 0 Å². The van der Waals surface area contributed by atoms with E-state index in [-0.39, 0.29) is 84.4 Å². The van der Waals surface area contributed by atoms with E-state index in [0.29, 0.717) is 53.3 Å². The molecule has 6 aromatic rings. The summed E-state index contributed by atoms with van der Waals surface area (Å²) in [4.78, 5) is 87.1. The van der Waals surface area contributed by atoms with Crippen LogP contribution >= 0.6 is 11.3 Å². The van der Waals surface area contributed by atoms with Gasteiger partial charge in [0.05, 0.1) is 54.6 Å². The average molecular weight is 999 g/mol. The minimum Gasteiger partial charge on any atom is -0.493 e. The van der Waals surface area contributed by atoms with E-state index < -0.39 is 17.9 Å². The summed E-state index contributed by atoms with van der Waals surface area (Å²) < 4.78 is 23.6. The molecule has 20 heteroatoms. The topological polar surface area (TPSA) is 212 Å². The second kappa shape index (κ2) is 21.3. The van der Waals surface area contributed by atoms with Gasteiger partial charge in [0.15, 0.2) is 11.5 Å². The molecule has 4 aliphatic rings. The highest BCUT2D eigenvalue weighted by molar-refractivity contribution is 7.10. The van der Waals surface area contributed by atoms with Crippen molar-refractivity contribution in [2.45, 2.75) is 95.2 Å². The SMILES string of the molecule is CN[C@@H](C)C(=O)N[C@H](C(=O)N1CCC[C@H]1c1nc(C(=O)c2cccc(OCCC(=O)N3CCN(C(=O)c4ccc(Nc5nc(C6CC6)cn6c(-c7cn[nH]c7)cnc56)c(F)c4)CC3)c2)cs1)C1CCCCC1. The number of halogens is 1. The molecular formula is C52H59FN12O6S. The first-order chi connectivity index (χ1) is 35.0. The molecule has 4 N–H and O–H groups in total. The van der Waals surface area contributed by atoms with Crippen LogP contribution < -0.4 is 20.7 Å². The standard InChI is InChI=1S/C52H59FN12O6S/c1-31(54-2)49(68)61-45(33-8-4-3-5-9-33)52(70)64-18-7-12-42(64)50-60-41(30-72-50)46(67)34-10-6-11-37(24-34)71-23-17-44(66)62-19-21-63(22-20-62)51(69)35-15-16-39(38(53)25-35)58-47-48-55-28-43(36-26-56-57-27-36)65(48)29-40(59-47)32-13-14-32/h6,10-11,15-16,24-33,42,45,54H,3-5,7-9,12-14,17-23H2,1-2H3,(H,56,57)(H,58,59)(H,61,68)/t31-,42-,45-/m0/s1. The highest BCUT2D eigenvalue weighted by Crippen LogP contribution is 2.41. The molecule has 18 nitrogen and oxygen atoms in total. The minimum atomic E-state index is -0.610. The van der Waals surface area contributed by atoms with E-state index >= 15 is 4.39 Å². The second-order valence-corrected chi connectivity index (χ2v) is 20.1. The first-order valence-corrected chi connectivity index (χ1v) is 25.9. The van der Waals surface area contributed by atoms with Crippen LogP contribution in [0.5, 0.6) is 5.75 Å². The van der Waals surface area contributed by atoms with Gasteiger partial charge >= 0.3 is 0 Å². The molecule has 6 heterocycles. The number of piperazine rings is 1. The summed E-state index contributed by atoms with van der Waals surface area (Å²) in [6.45, 7) is 3.62. The molecule has 0 spiro atoms. The molecule has 4 fully saturated rings. The monoisotopic (exact) mass is 998 g/mol. The predicted octanol–water partition coefficient (Wildman–Crippen LogP) is 6.66. The Morgan fingerprint density at radius 3 is 2.46 bits per heavy atom. The number of hydrogen-bond acceptors (Lipinski definition) is 13. The Bertz CT molecular complexity index is 2960. The van der Waals surface area contributed by atoms with Crippen LogP contribution in [0.1, 0.15) is 120 Å². The summed E-state index contributed by atoms with van der Waals surface area (Å²) in [6.07, 6.45) is 15.9. The number of hydrogen-bond donors (Lipinski definition) is 4. The van der Waals surface area contributed by atoms with Gasteiger partial charge in [0.1, 0.15) is 28.3 Å². The number of ether oxygens (including phenoxy) is 1. The number of nitrogens with one attached hydrogen (secondary N) is 4. The lowest BCUT2D eigenvalue weighted by Crippen LogP contribution is -2.55. The number of carbonyl (C=O) groups is 5. The third kappa shape index (κ3) is 10.5. The highest BCUT2D eigenvalue weighted by Gasteiger charge is 2.40. The molecule has 2 aliphatic carbocycles. The van der Waals surface area contributed by atoms with Crippen molar-refractivity contribution in [2.75, 3.05) is 51.7 Å². The Balaban J connectivity index is 0.703. The number of likely N-dealkylation sites (tertiary alicyclic amines) is 1. The molecule has 0 bridgehead atoms. The molecule has 4 aromatic heterocycles. The summed E-state index contributed by atoms with van der Waals surface area (Å²) in [5.41, 5.74) is 4.13. The van der Waals surface area contributed by atoms with Gasteiger partial charge in [-0.05, 0) is 88.7 Å². The number of benzene rings is 2. The van der Waals surface area contributed by atoms with Gasteiger partial charge in [-0.15, -0.1) is 11.3 Å². The molecule has 2 saturated carbocycles. The minimum absolute atomic E-state index is 0.0728. The number of anilines is 2. The van der Waals surface area contributed by atoms with E-state index in [2.05, 4.69) is 31.1 Å². The fourth-order valence-electron chi connectivity index (χ4n) is 10.0. The molecule has 2 aliphatic heterocycles. The van der Waals surface area contributed by atoms with Crippen LogP contribution in [0, 0.1) is 11.7 Å². The number of amides is 4. The van der Waals surface area contributed by atoms with Crippen molar-refractivity contribution >= 4 is 57.9 Å². The lowest BCUT2D eigenvalue weighted by molar-refractivity contribution is -0.139. The van der Waals surface area contributed by atoms with E-state index in [1.54, 1.807) is 78.1 Å². The zero-order chi connectivity index (χ0) is 49.9. The van der Waals surface area contributed by atoms with Gasteiger partial charge in [-0.1, -0.05) is 31.4 Å². The number of H-pyrrole nitrogens is 1. The van der Waals surface area contributed by atoms with E-state index in [0.717, 1.165) is 74.7 Å². The van der Waals surface area contributed by atoms with E-state index in [1.807, 2.05) is 15.5 Å². The zero-order valence-corrected chi connectivity index (χ0v) is 41.3. The molecule has 0 unspecified atom stereocenters. The van der Waals surface area contributed by atoms with E-state index in [4.69, 9.17) is 14.7 Å². The molecule has 72 heavy (non-hydrogen) atoms. The first kappa shape index (κ1) is 48.6. The van der Waals surface area contributed by atoms with Crippen LogP contribution in [0.4, 0.5) is 15.9 Å². The Kier molecular flexibility index (Phi) is 14.4. The number of aromatic nitrogens is 6. The van der Waals surface area contributed by atoms with Gasteiger partial charge in [0.2, 0.25) is 23.5 Å². The Hall–Kier alpha value is -7.06. The van der Waals surface area contributed by atoms with Crippen molar-refractivity contribution in [3.8, 4) is 17.0 Å². The normalized spacial score (nSPS) is 18.3. The summed E-state index contributed by atoms with van der Waals surface area (Å²) in [6, 6.07) is 9.79. The van der Waals surface area contributed by atoms with E-state index in [1.165, 1.54) is 23.5 Å². The number of thiazole rings is 1. The third-order valence-corrected chi connectivity index (χ3v) is 15.4. The van der Waals surface area contributed by atoms with Crippen LogP contribution in [0.25, 0.3) is 16.9 Å². The number of carbonyl (C=O) groups excluding carboxylic acids is 5. The molecule has 10 rings (SSSR count). The van der Waals surface area contributed by atoms with Crippen LogP contribution in [0.15, 0.2) is 72.6 Å². The van der Waals surface area contributed by atoms with E-state index in [9.17, 15) is 24.0 Å². The largest absolute Gasteiger partial charge is 0.493 e. The number of fused-ring (bicyclic) bond motifs is 1. The molecular weight excluding hydrogens is 940 g/mol. The van der Waals surface area contributed by atoms with Gasteiger partial charge in [-0.3, -0.25) is 33.5 Å². The van der Waals surface area contributed by atoms with Crippen molar-refractivity contribution < 1.29 is 33.1 Å². The maximum Gasteiger partial charge on any atom is 0.254 e. The lowest BCUT2D eigenvalue weighted by atomic mass is 9.83. The van der Waals surface area contributed by atoms with Gasteiger partial charge in [-0.25, -0.2) is 19.3 Å². The average Bonchev–Trinajstić information content (AvgIpc) is 3.85. The molecule has 2 aromatic carbocycles. The maximum atomic E-state index is 15.7. The summed E-state index contributed by atoms with van der Waals surface area (Å²) in [7, 11) is 1.72. The van der Waals surface area contributed by atoms with Gasteiger partial charge in [0, 0.05) is 73.1 Å². The Labute approximate surface area is 420 Å². The zero-order valence-electron chi connectivity index (χ0n) is 40.4. The van der Waals surface area contributed by atoms with Gasteiger partial charge < -0.3 is 35.4 Å². The maximum absolute atomic E-state index is 15.7. The van der Waals surface area contributed by atoms with Crippen molar-refractivity contribution in [3.05, 3.63) is 106 Å². The summed E-state index contributed by atoms with van der Waals surface area (Å²) >= 11 is 1.36. The van der Waals surface area contributed by atoms with Crippen molar-refractivity contribution in [1.82, 2.24) is 54.9 Å². The first-order valence-electron chi connectivity index (χ1n) is 25.0. The quantitative estimate of drug-likeness (QED) is 0.0707. The second-order valence-electron chi connectivity index (χ2n) is 19.2. The van der Waals surface area contributed by atoms with Crippen LogP contribution in [-0.4, -0.2) is 132 Å². The number of likely N-dealkylation sites (N-methyl/N-ethyl adjacent to an activating group) is 1. The van der Waals surface area contributed by atoms with Gasteiger partial charge in [0.25, 0.3) is 5.91 Å². The fraction of sp³-hybridized carbons (Fsp3) is 0.442. The molecule has 0 radical (unpaired) electrons. The van der Waals surface area contributed by atoms with Crippen molar-refractivity contribution in [2.24, 2.45) is 5.92 Å². The number of ketones is 1. The van der Waals surface area contributed by atoms with Crippen LogP contribution in [0.3, 0.4) is 0 Å².